The number of nitrogens with zero attached hydrogens (tertiary/aromatic N) is 1. The zero-order valence-corrected chi connectivity index (χ0v) is 9.88. The Bertz CT molecular complexity index is 242. The summed E-state index contributed by atoms with van der Waals surface area (Å²) in [6.07, 6.45) is 4.97. The second-order valence-electron chi connectivity index (χ2n) is 5.34. The Balaban J connectivity index is 1.70. The molecule has 2 aliphatic rings. The van der Waals surface area contributed by atoms with Crippen LogP contribution in [0, 0.1) is 5.41 Å². The summed E-state index contributed by atoms with van der Waals surface area (Å²) in [6.45, 7) is 6.95. The van der Waals surface area contributed by atoms with Gasteiger partial charge in [0.2, 0.25) is 5.91 Å². The van der Waals surface area contributed by atoms with E-state index in [1.54, 1.807) is 0 Å². The first kappa shape index (κ1) is 10.9. The van der Waals surface area contributed by atoms with Gasteiger partial charge in [0.1, 0.15) is 0 Å². The van der Waals surface area contributed by atoms with Crippen molar-refractivity contribution in [2.24, 2.45) is 5.41 Å². The van der Waals surface area contributed by atoms with E-state index in [9.17, 15) is 4.79 Å². The van der Waals surface area contributed by atoms with Crippen molar-refractivity contribution in [3.63, 3.8) is 0 Å². The molecule has 86 valence electrons. The number of rotatable bonds is 4. The molecule has 2 rings (SSSR count). The average Bonchev–Trinajstić information content (AvgIpc) is 2.79. The summed E-state index contributed by atoms with van der Waals surface area (Å²) in [5.74, 6) is 0.281. The third-order valence-corrected chi connectivity index (χ3v) is 4.10. The minimum atomic E-state index is 0.281. The topological polar surface area (TPSA) is 32.3 Å². The molecule has 0 aromatic rings. The SMILES string of the molecule is CC(NCC(=O)N1CCCC1)C1(C)CC1. The summed E-state index contributed by atoms with van der Waals surface area (Å²) in [5.41, 5.74) is 0.464. The van der Waals surface area contributed by atoms with Crippen molar-refractivity contribution in [3.8, 4) is 0 Å². The highest BCUT2D eigenvalue weighted by molar-refractivity contribution is 5.78. The van der Waals surface area contributed by atoms with E-state index in [2.05, 4.69) is 19.2 Å². The maximum atomic E-state index is 11.8. The van der Waals surface area contributed by atoms with Crippen LogP contribution in [0.1, 0.15) is 39.5 Å². The summed E-state index contributed by atoms with van der Waals surface area (Å²) in [7, 11) is 0. The van der Waals surface area contributed by atoms with Gasteiger partial charge in [-0.2, -0.15) is 0 Å². The molecule has 1 aliphatic carbocycles. The van der Waals surface area contributed by atoms with E-state index in [0.717, 1.165) is 13.1 Å². The predicted molar refractivity (Wildman–Crippen MR) is 60.6 cm³/mol. The molecule has 0 radical (unpaired) electrons. The van der Waals surface area contributed by atoms with E-state index in [1.165, 1.54) is 25.7 Å². The van der Waals surface area contributed by atoms with Gasteiger partial charge in [0, 0.05) is 19.1 Å². The van der Waals surface area contributed by atoms with Crippen LogP contribution in [0.3, 0.4) is 0 Å². The summed E-state index contributed by atoms with van der Waals surface area (Å²) in [4.78, 5) is 13.7. The number of carbonyl (C=O) groups is 1. The Morgan fingerprint density at radius 1 is 1.40 bits per heavy atom. The molecule has 1 amide bonds. The Morgan fingerprint density at radius 2 is 2.00 bits per heavy atom. The number of likely N-dealkylation sites (tertiary alicyclic amines) is 1. The minimum Gasteiger partial charge on any atom is -0.342 e. The van der Waals surface area contributed by atoms with Crippen molar-refractivity contribution in [1.82, 2.24) is 10.2 Å². The quantitative estimate of drug-likeness (QED) is 0.760. The van der Waals surface area contributed by atoms with Crippen molar-refractivity contribution in [2.45, 2.75) is 45.6 Å². The molecule has 3 nitrogen and oxygen atoms in total. The normalized spacial score (nSPS) is 25.3. The first-order chi connectivity index (χ1) is 7.12. The summed E-state index contributed by atoms with van der Waals surface area (Å²) < 4.78 is 0. The Labute approximate surface area is 92.2 Å². The van der Waals surface area contributed by atoms with Crippen LogP contribution in [-0.4, -0.2) is 36.5 Å². The minimum absolute atomic E-state index is 0.281. The molecule has 0 aromatic heterocycles. The van der Waals surface area contributed by atoms with Gasteiger partial charge in [-0.25, -0.2) is 0 Å². The number of carbonyl (C=O) groups excluding carboxylic acids is 1. The molecule has 0 spiro atoms. The van der Waals surface area contributed by atoms with Crippen LogP contribution in [0.25, 0.3) is 0 Å². The molecule has 1 saturated heterocycles. The molecule has 1 N–H and O–H groups in total. The van der Waals surface area contributed by atoms with Crippen LogP contribution < -0.4 is 5.32 Å². The van der Waals surface area contributed by atoms with Crippen molar-refractivity contribution >= 4 is 5.91 Å². The fraction of sp³-hybridized carbons (Fsp3) is 0.917. The molecular weight excluding hydrogens is 188 g/mol. The second kappa shape index (κ2) is 4.12. The number of nitrogens with one attached hydrogen (secondary N) is 1. The van der Waals surface area contributed by atoms with Gasteiger partial charge >= 0.3 is 0 Å². The van der Waals surface area contributed by atoms with Gasteiger partial charge < -0.3 is 10.2 Å². The summed E-state index contributed by atoms with van der Waals surface area (Å²) in [5, 5.41) is 3.37. The van der Waals surface area contributed by atoms with E-state index in [-0.39, 0.29) is 5.91 Å². The van der Waals surface area contributed by atoms with E-state index in [4.69, 9.17) is 0 Å². The van der Waals surface area contributed by atoms with Crippen molar-refractivity contribution in [3.05, 3.63) is 0 Å². The van der Waals surface area contributed by atoms with Gasteiger partial charge in [0.05, 0.1) is 6.54 Å². The zero-order chi connectivity index (χ0) is 10.9. The molecule has 15 heavy (non-hydrogen) atoms. The van der Waals surface area contributed by atoms with Crippen LogP contribution in [0.5, 0.6) is 0 Å². The lowest BCUT2D eigenvalue weighted by Crippen LogP contribution is -2.42. The van der Waals surface area contributed by atoms with Gasteiger partial charge in [-0.3, -0.25) is 4.79 Å². The van der Waals surface area contributed by atoms with Gasteiger partial charge in [0.25, 0.3) is 0 Å². The fourth-order valence-corrected chi connectivity index (χ4v) is 2.20. The predicted octanol–water partition coefficient (Wildman–Crippen LogP) is 1.39. The third kappa shape index (κ3) is 2.51. The van der Waals surface area contributed by atoms with E-state index < -0.39 is 0 Å². The van der Waals surface area contributed by atoms with Crippen LogP contribution in [0.2, 0.25) is 0 Å². The highest BCUT2D eigenvalue weighted by Crippen LogP contribution is 2.47. The van der Waals surface area contributed by atoms with Crippen LogP contribution >= 0.6 is 0 Å². The molecule has 0 bridgehead atoms. The first-order valence-electron chi connectivity index (χ1n) is 6.13. The standard InChI is InChI=1S/C12H22N2O/c1-10(12(2)5-6-12)13-9-11(15)14-7-3-4-8-14/h10,13H,3-9H2,1-2H3. The fourth-order valence-electron chi connectivity index (χ4n) is 2.20. The smallest absolute Gasteiger partial charge is 0.236 e. The molecule has 1 heterocycles. The maximum Gasteiger partial charge on any atom is 0.236 e. The zero-order valence-electron chi connectivity index (χ0n) is 9.88. The largest absolute Gasteiger partial charge is 0.342 e. The number of hydrogen-bond acceptors (Lipinski definition) is 2. The molecule has 2 fully saturated rings. The summed E-state index contributed by atoms with van der Waals surface area (Å²) >= 11 is 0. The Hall–Kier alpha value is -0.570. The summed E-state index contributed by atoms with van der Waals surface area (Å²) in [6, 6.07) is 0.476. The first-order valence-corrected chi connectivity index (χ1v) is 6.13. The van der Waals surface area contributed by atoms with E-state index in [0.29, 0.717) is 18.0 Å². The Kier molecular flexibility index (Phi) is 3.01. The van der Waals surface area contributed by atoms with Gasteiger partial charge in [-0.1, -0.05) is 6.92 Å². The van der Waals surface area contributed by atoms with E-state index in [1.807, 2.05) is 4.90 Å². The molecule has 1 atom stereocenters. The van der Waals surface area contributed by atoms with E-state index >= 15 is 0 Å². The molecule has 1 aliphatic heterocycles. The number of amides is 1. The van der Waals surface area contributed by atoms with Crippen LogP contribution in [-0.2, 0) is 4.79 Å². The molecule has 1 saturated carbocycles. The lowest BCUT2D eigenvalue weighted by Gasteiger charge is -2.22. The maximum absolute atomic E-state index is 11.8. The monoisotopic (exact) mass is 210 g/mol. The average molecular weight is 210 g/mol. The van der Waals surface area contributed by atoms with Gasteiger partial charge in [0.15, 0.2) is 0 Å². The lowest BCUT2D eigenvalue weighted by molar-refractivity contribution is -0.129. The van der Waals surface area contributed by atoms with Gasteiger partial charge in [-0.05, 0) is 38.0 Å². The lowest BCUT2D eigenvalue weighted by atomic mass is 10.0. The molecule has 1 unspecified atom stereocenters. The van der Waals surface area contributed by atoms with Crippen LogP contribution in [0.4, 0.5) is 0 Å². The highest BCUT2D eigenvalue weighted by Gasteiger charge is 2.42. The van der Waals surface area contributed by atoms with Crippen molar-refractivity contribution < 1.29 is 4.79 Å². The molecule has 3 heteroatoms. The molecule has 0 aromatic carbocycles. The number of hydrogen-bond donors (Lipinski definition) is 1. The van der Waals surface area contributed by atoms with Crippen molar-refractivity contribution in [1.29, 1.82) is 0 Å². The molecular formula is C12H22N2O. The van der Waals surface area contributed by atoms with Crippen molar-refractivity contribution in [2.75, 3.05) is 19.6 Å². The van der Waals surface area contributed by atoms with Gasteiger partial charge in [-0.15, -0.1) is 0 Å². The Morgan fingerprint density at radius 3 is 2.53 bits per heavy atom. The van der Waals surface area contributed by atoms with Crippen LogP contribution in [0.15, 0.2) is 0 Å². The second-order valence-corrected chi connectivity index (χ2v) is 5.34. The third-order valence-electron chi connectivity index (χ3n) is 4.10. The highest BCUT2D eigenvalue weighted by atomic mass is 16.2.